The van der Waals surface area contributed by atoms with Crippen molar-refractivity contribution in [1.82, 2.24) is 5.32 Å². The summed E-state index contributed by atoms with van der Waals surface area (Å²) in [5.74, 6) is 0. The number of hydrogen-bond acceptors (Lipinski definition) is 1. The van der Waals surface area contributed by atoms with E-state index in [0.29, 0.717) is 12.1 Å². The number of nitrogens with one attached hydrogen (secondary N) is 1. The lowest BCUT2D eigenvalue weighted by Crippen LogP contribution is -2.23. The molecule has 2 aromatic rings. The van der Waals surface area contributed by atoms with E-state index in [1.54, 1.807) is 0 Å². The Morgan fingerprint density at radius 2 is 1.38 bits per heavy atom. The van der Waals surface area contributed by atoms with Crippen molar-refractivity contribution < 1.29 is 0 Å². The minimum Gasteiger partial charge on any atom is -0.304 e. The second kappa shape index (κ2) is 6.76. The molecule has 2 rings (SSSR count). The second-order valence-electron chi connectivity index (χ2n) is 5.92. The van der Waals surface area contributed by atoms with Crippen molar-refractivity contribution in [2.24, 2.45) is 0 Å². The van der Waals surface area contributed by atoms with Gasteiger partial charge in [0, 0.05) is 16.6 Å². The Morgan fingerprint density at radius 1 is 0.810 bits per heavy atom. The minimum absolute atomic E-state index is 0.302. The molecule has 1 nitrogen and oxygen atoms in total. The first-order valence-corrected chi connectivity index (χ1v) is 8.27. The third-order valence-electron chi connectivity index (χ3n) is 4.22. The molecule has 0 saturated carbocycles. The molecule has 2 unspecified atom stereocenters. The molecule has 0 bridgehead atoms. The van der Waals surface area contributed by atoms with Crippen LogP contribution in [0.3, 0.4) is 0 Å². The molecule has 0 aliphatic rings. The maximum Gasteiger partial charge on any atom is 0.0308 e. The third-order valence-corrected chi connectivity index (χ3v) is 4.94. The summed E-state index contributed by atoms with van der Waals surface area (Å²) < 4.78 is 1.16. The monoisotopic (exact) mass is 345 g/mol. The van der Waals surface area contributed by atoms with Crippen LogP contribution in [-0.4, -0.2) is 0 Å². The quantitative estimate of drug-likeness (QED) is 0.739. The van der Waals surface area contributed by atoms with Crippen molar-refractivity contribution in [3.05, 3.63) is 68.7 Å². The van der Waals surface area contributed by atoms with Crippen molar-refractivity contribution >= 4 is 15.9 Å². The second-order valence-corrected chi connectivity index (χ2v) is 6.78. The summed E-state index contributed by atoms with van der Waals surface area (Å²) >= 11 is 3.64. The predicted octanol–water partition coefficient (Wildman–Crippen LogP) is 5.79. The van der Waals surface area contributed by atoms with Crippen LogP contribution in [0.25, 0.3) is 0 Å². The van der Waals surface area contributed by atoms with Crippen LogP contribution in [0, 0.1) is 20.8 Å². The first kappa shape index (κ1) is 16.3. The van der Waals surface area contributed by atoms with Crippen LogP contribution in [-0.2, 0) is 0 Å². The van der Waals surface area contributed by atoms with Crippen LogP contribution >= 0.6 is 15.9 Å². The lowest BCUT2D eigenvalue weighted by atomic mass is 9.95. The summed E-state index contributed by atoms with van der Waals surface area (Å²) in [6, 6.07) is 13.6. The van der Waals surface area contributed by atoms with Crippen molar-refractivity contribution in [3.8, 4) is 0 Å². The number of benzene rings is 2. The smallest absolute Gasteiger partial charge is 0.0308 e. The highest BCUT2D eigenvalue weighted by Gasteiger charge is 2.15. The highest BCUT2D eigenvalue weighted by molar-refractivity contribution is 9.10. The van der Waals surface area contributed by atoms with Gasteiger partial charge in [0.2, 0.25) is 0 Å². The molecule has 0 fully saturated rings. The van der Waals surface area contributed by atoms with E-state index >= 15 is 0 Å². The van der Waals surface area contributed by atoms with Crippen LogP contribution in [0.15, 0.2) is 40.9 Å². The predicted molar refractivity (Wildman–Crippen MR) is 94.8 cm³/mol. The molecule has 1 N–H and O–H groups in total. The topological polar surface area (TPSA) is 12.0 Å². The molecule has 0 aliphatic heterocycles. The van der Waals surface area contributed by atoms with Crippen LogP contribution in [0.5, 0.6) is 0 Å². The first-order valence-electron chi connectivity index (χ1n) is 7.48. The molecule has 0 saturated heterocycles. The summed E-state index contributed by atoms with van der Waals surface area (Å²) in [6.45, 7) is 11.0. The molecule has 0 aromatic heterocycles. The van der Waals surface area contributed by atoms with E-state index in [1.165, 1.54) is 27.8 Å². The molecule has 0 radical (unpaired) electrons. The number of aryl methyl sites for hydroxylation is 3. The molecular weight excluding hydrogens is 322 g/mol. The van der Waals surface area contributed by atoms with Gasteiger partial charge in [0.1, 0.15) is 0 Å². The molecule has 0 aliphatic carbocycles. The van der Waals surface area contributed by atoms with Crippen molar-refractivity contribution in [2.75, 3.05) is 0 Å². The average molecular weight is 346 g/mol. The molecule has 2 atom stereocenters. The van der Waals surface area contributed by atoms with Gasteiger partial charge < -0.3 is 5.32 Å². The van der Waals surface area contributed by atoms with Gasteiger partial charge in [-0.15, -0.1) is 0 Å². The minimum atomic E-state index is 0.302. The zero-order chi connectivity index (χ0) is 15.6. The lowest BCUT2D eigenvalue weighted by molar-refractivity contribution is 0.492. The van der Waals surface area contributed by atoms with Gasteiger partial charge in [-0.05, 0) is 68.5 Å². The Balaban J connectivity index is 2.20. The summed E-state index contributed by atoms with van der Waals surface area (Å²) in [7, 11) is 0. The van der Waals surface area contributed by atoms with E-state index in [2.05, 4.69) is 92.3 Å². The zero-order valence-electron chi connectivity index (χ0n) is 13.5. The van der Waals surface area contributed by atoms with Crippen molar-refractivity contribution in [3.63, 3.8) is 0 Å². The van der Waals surface area contributed by atoms with Crippen molar-refractivity contribution in [2.45, 2.75) is 46.7 Å². The first-order chi connectivity index (χ1) is 9.90. The van der Waals surface area contributed by atoms with Crippen LogP contribution in [0.4, 0.5) is 0 Å². The largest absolute Gasteiger partial charge is 0.304 e. The third kappa shape index (κ3) is 3.75. The Hall–Kier alpha value is -1.12. The summed E-state index contributed by atoms with van der Waals surface area (Å²) in [5, 5.41) is 3.71. The molecule has 0 spiro atoms. The van der Waals surface area contributed by atoms with Gasteiger partial charge in [-0.2, -0.15) is 0 Å². The Bertz CT molecular complexity index is 633. The Labute approximate surface area is 136 Å². The molecule has 112 valence electrons. The maximum absolute atomic E-state index is 3.71. The normalized spacial score (nSPS) is 14.0. The fourth-order valence-electron chi connectivity index (χ4n) is 2.83. The van der Waals surface area contributed by atoms with Gasteiger partial charge in [-0.1, -0.05) is 46.3 Å². The Morgan fingerprint density at radius 3 is 2.05 bits per heavy atom. The van der Waals surface area contributed by atoms with E-state index in [1.807, 2.05) is 0 Å². The maximum atomic E-state index is 3.71. The number of hydrogen-bond donors (Lipinski definition) is 1. The van der Waals surface area contributed by atoms with E-state index in [0.717, 1.165) is 4.47 Å². The summed E-state index contributed by atoms with van der Waals surface area (Å²) in [4.78, 5) is 0. The van der Waals surface area contributed by atoms with Crippen LogP contribution in [0.2, 0.25) is 0 Å². The molecule has 2 heteroatoms. The lowest BCUT2D eigenvalue weighted by Gasteiger charge is -2.23. The molecule has 21 heavy (non-hydrogen) atoms. The highest BCUT2D eigenvalue weighted by Crippen LogP contribution is 2.27. The SMILES string of the molecule is Cc1cc(C)c(C(C)NC(C)c2ccccc2Br)cc1C. The Kier molecular flexibility index (Phi) is 5.23. The van der Waals surface area contributed by atoms with Crippen LogP contribution < -0.4 is 5.32 Å². The van der Waals surface area contributed by atoms with Gasteiger partial charge in [-0.3, -0.25) is 0 Å². The molecule has 0 amide bonds. The fourth-order valence-corrected chi connectivity index (χ4v) is 3.46. The van der Waals surface area contributed by atoms with Gasteiger partial charge in [0.05, 0.1) is 0 Å². The van der Waals surface area contributed by atoms with Gasteiger partial charge in [0.25, 0.3) is 0 Å². The van der Waals surface area contributed by atoms with Gasteiger partial charge in [0.15, 0.2) is 0 Å². The number of halogens is 1. The summed E-state index contributed by atoms with van der Waals surface area (Å²) in [5.41, 5.74) is 6.76. The standard InChI is InChI=1S/C19H24BrN/c1-12-10-14(3)18(11-13(12)2)16(5)21-15(4)17-8-6-7-9-19(17)20/h6-11,15-16,21H,1-5H3. The van der Waals surface area contributed by atoms with Gasteiger partial charge in [-0.25, -0.2) is 0 Å². The molecule has 2 aromatic carbocycles. The van der Waals surface area contributed by atoms with E-state index in [-0.39, 0.29) is 0 Å². The highest BCUT2D eigenvalue weighted by atomic mass is 79.9. The molecular formula is C19H24BrN. The van der Waals surface area contributed by atoms with E-state index in [4.69, 9.17) is 0 Å². The summed E-state index contributed by atoms with van der Waals surface area (Å²) in [6.07, 6.45) is 0. The van der Waals surface area contributed by atoms with Crippen LogP contribution in [0.1, 0.15) is 53.7 Å². The van der Waals surface area contributed by atoms with Gasteiger partial charge >= 0.3 is 0 Å². The zero-order valence-corrected chi connectivity index (χ0v) is 15.1. The van der Waals surface area contributed by atoms with E-state index in [9.17, 15) is 0 Å². The van der Waals surface area contributed by atoms with E-state index < -0.39 is 0 Å². The van der Waals surface area contributed by atoms with Crippen molar-refractivity contribution in [1.29, 1.82) is 0 Å². The molecule has 0 heterocycles. The fraction of sp³-hybridized carbons (Fsp3) is 0.368. The number of rotatable bonds is 4. The average Bonchev–Trinajstić information content (AvgIpc) is 2.43.